The van der Waals surface area contributed by atoms with Crippen molar-refractivity contribution in [2.24, 2.45) is 0 Å². The number of rotatable bonds is 5. The number of hydrogen-bond donors (Lipinski definition) is 0. The lowest BCUT2D eigenvalue weighted by atomic mass is 10.1. The zero-order valence-corrected chi connectivity index (χ0v) is 21.5. The van der Waals surface area contributed by atoms with Gasteiger partial charge in [-0.3, -0.25) is 0 Å². The van der Waals surface area contributed by atoms with Gasteiger partial charge in [0.05, 0.1) is 23.9 Å². The second kappa shape index (κ2) is 10.4. The molecular weight excluding hydrogens is 470 g/mol. The van der Waals surface area contributed by atoms with E-state index in [9.17, 15) is 10.1 Å². The molecule has 0 unspecified atom stereocenters. The summed E-state index contributed by atoms with van der Waals surface area (Å²) in [5.41, 5.74) is -0.164. The molecule has 35 heavy (non-hydrogen) atoms. The van der Waals surface area contributed by atoms with Crippen molar-refractivity contribution < 1.29 is 14.3 Å². The summed E-state index contributed by atoms with van der Waals surface area (Å²) in [6, 6.07) is 5.97. The number of hydrogen-bond acceptors (Lipinski definition) is 9. The Morgan fingerprint density at radius 2 is 2.00 bits per heavy atom. The Bertz CT molecular complexity index is 1120. The van der Waals surface area contributed by atoms with Crippen molar-refractivity contribution in [3.8, 4) is 12.1 Å². The van der Waals surface area contributed by atoms with Crippen LogP contribution in [0.3, 0.4) is 0 Å². The Morgan fingerprint density at radius 3 is 2.69 bits per heavy atom. The minimum atomic E-state index is -0.612. The van der Waals surface area contributed by atoms with Gasteiger partial charge in [-0.05, 0) is 59.3 Å². The van der Waals surface area contributed by atoms with Gasteiger partial charge < -0.3 is 24.2 Å². The highest BCUT2D eigenvalue weighted by Crippen LogP contribution is 2.29. The third kappa shape index (κ3) is 6.03. The standard InChI is InChI=1S/C24H32ClN7O3/c1-24(2,3)35-23(33)32-13-12-31(14-16(32)9-10-26)21-18-7-8-19(25)27-20(18)28-22(29-21)34-15-17-6-5-11-30(17)4/h7-8,16-17H,5-6,9,11-15H2,1-4H3/t16-,17-/m0/s1. The van der Waals surface area contributed by atoms with Crippen LogP contribution in [0.25, 0.3) is 11.0 Å². The second-order valence-electron chi connectivity index (χ2n) is 10.1. The minimum Gasteiger partial charge on any atom is -0.462 e. The van der Waals surface area contributed by atoms with E-state index in [1.54, 1.807) is 11.0 Å². The van der Waals surface area contributed by atoms with E-state index in [2.05, 4.69) is 32.9 Å². The summed E-state index contributed by atoms with van der Waals surface area (Å²) in [7, 11) is 2.09. The predicted octanol–water partition coefficient (Wildman–Crippen LogP) is 3.49. The third-order valence-electron chi connectivity index (χ3n) is 6.30. The van der Waals surface area contributed by atoms with E-state index in [0.29, 0.717) is 48.9 Å². The Kier molecular flexibility index (Phi) is 7.47. The number of likely N-dealkylation sites (N-methyl/N-ethyl adjacent to an activating group) is 1. The maximum Gasteiger partial charge on any atom is 0.410 e. The number of piperazine rings is 1. The fourth-order valence-corrected chi connectivity index (χ4v) is 4.65. The van der Waals surface area contributed by atoms with Crippen molar-refractivity contribution >= 4 is 34.5 Å². The fraction of sp³-hybridized carbons (Fsp3) is 0.625. The van der Waals surface area contributed by atoms with Gasteiger partial charge in [0, 0.05) is 25.7 Å². The van der Waals surface area contributed by atoms with Gasteiger partial charge in [0.1, 0.15) is 23.2 Å². The van der Waals surface area contributed by atoms with Gasteiger partial charge >= 0.3 is 12.1 Å². The highest BCUT2D eigenvalue weighted by molar-refractivity contribution is 6.29. The van der Waals surface area contributed by atoms with Crippen molar-refractivity contribution in [3.05, 3.63) is 17.3 Å². The van der Waals surface area contributed by atoms with Gasteiger partial charge in [0.25, 0.3) is 0 Å². The summed E-state index contributed by atoms with van der Waals surface area (Å²) in [5.74, 6) is 0.653. The summed E-state index contributed by atoms with van der Waals surface area (Å²) < 4.78 is 11.6. The molecule has 10 nitrogen and oxygen atoms in total. The van der Waals surface area contributed by atoms with E-state index in [0.717, 1.165) is 24.8 Å². The first-order valence-electron chi connectivity index (χ1n) is 11.9. The van der Waals surface area contributed by atoms with Crippen molar-refractivity contribution in [2.75, 3.05) is 44.7 Å². The van der Waals surface area contributed by atoms with Crippen LogP contribution in [-0.2, 0) is 4.74 Å². The second-order valence-corrected chi connectivity index (χ2v) is 10.4. The lowest BCUT2D eigenvalue weighted by Gasteiger charge is -2.41. The molecule has 2 atom stereocenters. The van der Waals surface area contributed by atoms with E-state index >= 15 is 0 Å². The number of nitrogens with zero attached hydrogens (tertiary/aromatic N) is 7. The van der Waals surface area contributed by atoms with E-state index < -0.39 is 11.7 Å². The molecule has 2 aliphatic heterocycles. The number of carbonyl (C=O) groups is 1. The summed E-state index contributed by atoms with van der Waals surface area (Å²) in [6.07, 6.45) is 1.99. The van der Waals surface area contributed by atoms with Crippen LogP contribution in [0.15, 0.2) is 12.1 Å². The van der Waals surface area contributed by atoms with Gasteiger partial charge in [-0.2, -0.15) is 15.2 Å². The van der Waals surface area contributed by atoms with Crippen molar-refractivity contribution in [3.63, 3.8) is 0 Å². The SMILES string of the molecule is CN1CCC[C@H]1COc1nc(N2CCN(C(=O)OC(C)(C)C)[C@@H](CC#N)C2)c2ccc(Cl)nc2n1. The molecule has 0 saturated carbocycles. The quantitative estimate of drug-likeness (QED) is 0.568. The number of amides is 1. The van der Waals surface area contributed by atoms with Crippen LogP contribution in [0, 0.1) is 11.3 Å². The molecule has 188 valence electrons. The summed E-state index contributed by atoms with van der Waals surface area (Å²) in [5, 5.41) is 10.5. The summed E-state index contributed by atoms with van der Waals surface area (Å²) >= 11 is 6.15. The van der Waals surface area contributed by atoms with Crippen molar-refractivity contribution in [1.82, 2.24) is 24.8 Å². The average Bonchev–Trinajstić information content (AvgIpc) is 3.20. The molecule has 0 N–H and O–H groups in total. The van der Waals surface area contributed by atoms with Gasteiger partial charge in [0.2, 0.25) is 0 Å². The van der Waals surface area contributed by atoms with Gasteiger partial charge in [-0.25, -0.2) is 9.78 Å². The predicted molar refractivity (Wildman–Crippen MR) is 133 cm³/mol. The van der Waals surface area contributed by atoms with E-state index in [1.165, 1.54) is 0 Å². The van der Waals surface area contributed by atoms with Crippen molar-refractivity contribution in [2.45, 2.75) is 57.7 Å². The molecule has 4 rings (SSSR count). The minimum absolute atomic E-state index is 0.181. The Hall–Kier alpha value is -2.90. The summed E-state index contributed by atoms with van der Waals surface area (Å²) in [4.78, 5) is 32.4. The van der Waals surface area contributed by atoms with Gasteiger partial charge in [0.15, 0.2) is 5.65 Å². The lowest BCUT2D eigenvalue weighted by molar-refractivity contribution is 0.0145. The monoisotopic (exact) mass is 501 g/mol. The van der Waals surface area contributed by atoms with Crippen LogP contribution in [0.5, 0.6) is 6.01 Å². The van der Waals surface area contributed by atoms with Crippen LogP contribution < -0.4 is 9.64 Å². The number of aromatic nitrogens is 3. The Labute approximate surface area is 210 Å². The molecule has 4 heterocycles. The van der Waals surface area contributed by atoms with Crippen LogP contribution in [0.4, 0.5) is 10.6 Å². The molecule has 2 saturated heterocycles. The zero-order valence-electron chi connectivity index (χ0n) is 20.7. The van der Waals surface area contributed by atoms with Crippen LogP contribution >= 0.6 is 11.6 Å². The first-order valence-corrected chi connectivity index (χ1v) is 12.3. The number of carbonyl (C=O) groups excluding carboxylic acids is 1. The maximum atomic E-state index is 12.8. The van der Waals surface area contributed by atoms with E-state index in [-0.39, 0.29) is 18.5 Å². The molecular formula is C24H32ClN7O3. The number of pyridine rings is 1. The fourth-order valence-electron chi connectivity index (χ4n) is 4.51. The third-order valence-corrected chi connectivity index (χ3v) is 6.51. The topological polar surface area (TPSA) is 108 Å². The molecule has 0 aliphatic carbocycles. The maximum absolute atomic E-state index is 12.8. The number of ether oxygens (including phenoxy) is 2. The number of nitriles is 1. The van der Waals surface area contributed by atoms with Crippen LogP contribution in [0.2, 0.25) is 5.15 Å². The van der Waals surface area contributed by atoms with Crippen LogP contribution in [-0.4, -0.2) is 88.4 Å². The molecule has 1 amide bonds. The zero-order chi connectivity index (χ0) is 25.2. The van der Waals surface area contributed by atoms with Gasteiger partial charge in [-0.1, -0.05) is 11.6 Å². The van der Waals surface area contributed by atoms with Crippen LogP contribution in [0.1, 0.15) is 40.0 Å². The largest absolute Gasteiger partial charge is 0.462 e. The lowest BCUT2D eigenvalue weighted by Crippen LogP contribution is -2.56. The number of likely N-dealkylation sites (tertiary alicyclic amines) is 1. The highest BCUT2D eigenvalue weighted by atomic mass is 35.5. The van der Waals surface area contributed by atoms with E-state index in [1.807, 2.05) is 26.8 Å². The molecule has 0 radical (unpaired) electrons. The Morgan fingerprint density at radius 1 is 1.20 bits per heavy atom. The number of halogens is 1. The molecule has 2 aromatic heterocycles. The first kappa shape index (κ1) is 25.2. The molecule has 2 aliphatic rings. The average molecular weight is 502 g/mol. The highest BCUT2D eigenvalue weighted by Gasteiger charge is 2.34. The smallest absolute Gasteiger partial charge is 0.410 e. The molecule has 0 spiro atoms. The summed E-state index contributed by atoms with van der Waals surface area (Å²) in [6.45, 7) is 8.37. The number of fused-ring (bicyclic) bond motifs is 1. The van der Waals surface area contributed by atoms with E-state index in [4.69, 9.17) is 26.1 Å². The van der Waals surface area contributed by atoms with Gasteiger partial charge in [-0.15, -0.1) is 0 Å². The molecule has 0 aromatic carbocycles. The van der Waals surface area contributed by atoms with Crippen molar-refractivity contribution in [1.29, 1.82) is 5.26 Å². The molecule has 0 bridgehead atoms. The normalized spacial score (nSPS) is 21.3. The first-order chi connectivity index (χ1) is 16.6. The molecule has 2 fully saturated rings. The number of anilines is 1. The Balaban J connectivity index is 1.60. The molecule has 2 aromatic rings. The molecule has 11 heteroatoms.